The van der Waals surface area contributed by atoms with Gasteiger partial charge in [0.1, 0.15) is 24.3 Å². The quantitative estimate of drug-likeness (QED) is 0.536. The first-order chi connectivity index (χ1) is 12.4. The molecule has 3 aromatic rings. The first-order valence-corrected chi connectivity index (χ1v) is 7.66. The second-order valence-corrected chi connectivity index (χ2v) is 5.60. The molecule has 0 saturated carbocycles. The van der Waals surface area contributed by atoms with E-state index in [-0.39, 0.29) is 24.6 Å². The van der Waals surface area contributed by atoms with Crippen molar-refractivity contribution in [1.29, 1.82) is 0 Å². The molecule has 0 bridgehead atoms. The summed E-state index contributed by atoms with van der Waals surface area (Å²) in [4.78, 5) is 22.3. The molecular weight excluding hydrogens is 343 g/mol. The summed E-state index contributed by atoms with van der Waals surface area (Å²) in [6.45, 7) is 1.58. The lowest BCUT2D eigenvalue weighted by atomic mass is 10.2. The Morgan fingerprint density at radius 3 is 2.77 bits per heavy atom. The molecule has 0 unspecified atom stereocenters. The summed E-state index contributed by atoms with van der Waals surface area (Å²) in [6, 6.07) is 6.36. The third-order valence-electron chi connectivity index (χ3n) is 3.77. The van der Waals surface area contributed by atoms with E-state index in [9.17, 15) is 19.3 Å². The van der Waals surface area contributed by atoms with Gasteiger partial charge >= 0.3 is 5.69 Å². The van der Waals surface area contributed by atoms with Crippen LogP contribution in [0.1, 0.15) is 11.3 Å². The molecule has 0 saturated heterocycles. The SMILES string of the molecule is Cc1c([N+](=O)[O-])cnn1CC(=O)Nc1cnn(Cc2ccccc2F)c1. The second-order valence-electron chi connectivity index (χ2n) is 5.60. The van der Waals surface area contributed by atoms with Gasteiger partial charge in [-0.1, -0.05) is 18.2 Å². The number of carbonyl (C=O) groups is 1. The Morgan fingerprint density at radius 2 is 2.08 bits per heavy atom. The van der Waals surface area contributed by atoms with Gasteiger partial charge in [-0.2, -0.15) is 10.2 Å². The Kier molecular flexibility index (Phi) is 4.74. The van der Waals surface area contributed by atoms with E-state index in [1.165, 1.54) is 28.6 Å². The Hall–Kier alpha value is -3.56. The van der Waals surface area contributed by atoms with Gasteiger partial charge in [-0.05, 0) is 13.0 Å². The molecule has 0 spiro atoms. The van der Waals surface area contributed by atoms with E-state index in [1.54, 1.807) is 24.4 Å². The normalized spacial score (nSPS) is 10.7. The smallest absolute Gasteiger partial charge is 0.309 e. The predicted octanol–water partition coefficient (Wildman–Crippen LogP) is 2.12. The summed E-state index contributed by atoms with van der Waals surface area (Å²) in [7, 11) is 0. The van der Waals surface area contributed by atoms with E-state index in [2.05, 4.69) is 15.5 Å². The van der Waals surface area contributed by atoms with Crippen LogP contribution in [0.15, 0.2) is 42.9 Å². The minimum Gasteiger partial charge on any atom is -0.322 e. The fourth-order valence-electron chi connectivity index (χ4n) is 2.43. The number of hydrogen-bond acceptors (Lipinski definition) is 5. The molecule has 0 aliphatic carbocycles. The zero-order valence-corrected chi connectivity index (χ0v) is 13.8. The molecule has 0 radical (unpaired) electrons. The van der Waals surface area contributed by atoms with Crippen molar-refractivity contribution >= 4 is 17.3 Å². The van der Waals surface area contributed by atoms with Crippen molar-refractivity contribution in [3.05, 3.63) is 70.0 Å². The number of hydrogen-bond donors (Lipinski definition) is 1. The topological polar surface area (TPSA) is 108 Å². The molecule has 0 aliphatic rings. The molecule has 2 heterocycles. The van der Waals surface area contributed by atoms with E-state index >= 15 is 0 Å². The summed E-state index contributed by atoms with van der Waals surface area (Å²) in [6.07, 6.45) is 4.12. The molecule has 2 aromatic heterocycles. The minimum atomic E-state index is -0.552. The van der Waals surface area contributed by atoms with Crippen molar-refractivity contribution in [2.24, 2.45) is 0 Å². The molecule has 134 valence electrons. The molecular formula is C16H15FN6O3. The number of nitro groups is 1. The monoisotopic (exact) mass is 358 g/mol. The Bertz CT molecular complexity index is 965. The summed E-state index contributed by atoms with van der Waals surface area (Å²) < 4.78 is 16.4. The highest BCUT2D eigenvalue weighted by atomic mass is 19.1. The van der Waals surface area contributed by atoms with Gasteiger partial charge in [0.05, 0.1) is 23.4 Å². The van der Waals surface area contributed by atoms with Crippen molar-refractivity contribution in [2.45, 2.75) is 20.0 Å². The van der Waals surface area contributed by atoms with Gasteiger partial charge in [0.2, 0.25) is 5.91 Å². The first-order valence-electron chi connectivity index (χ1n) is 7.66. The summed E-state index contributed by atoms with van der Waals surface area (Å²) >= 11 is 0. The second kappa shape index (κ2) is 7.13. The van der Waals surface area contributed by atoms with E-state index in [1.807, 2.05) is 0 Å². The molecule has 3 rings (SSSR count). The number of benzene rings is 1. The molecule has 1 amide bonds. The van der Waals surface area contributed by atoms with Gasteiger partial charge < -0.3 is 5.32 Å². The first kappa shape index (κ1) is 17.3. The maximum absolute atomic E-state index is 13.7. The van der Waals surface area contributed by atoms with Crippen molar-refractivity contribution in [2.75, 3.05) is 5.32 Å². The number of aromatic nitrogens is 4. The Morgan fingerprint density at radius 1 is 1.31 bits per heavy atom. The van der Waals surface area contributed by atoms with Gasteiger partial charge in [-0.3, -0.25) is 24.3 Å². The van der Waals surface area contributed by atoms with Crippen molar-refractivity contribution in [3.63, 3.8) is 0 Å². The fourth-order valence-corrected chi connectivity index (χ4v) is 2.43. The van der Waals surface area contributed by atoms with Crippen LogP contribution in [-0.4, -0.2) is 30.4 Å². The maximum Gasteiger partial charge on any atom is 0.309 e. The van der Waals surface area contributed by atoms with Gasteiger partial charge in [-0.15, -0.1) is 0 Å². The largest absolute Gasteiger partial charge is 0.322 e. The average Bonchev–Trinajstić information content (AvgIpc) is 3.17. The highest BCUT2D eigenvalue weighted by Crippen LogP contribution is 2.16. The van der Waals surface area contributed by atoms with Crippen LogP contribution in [0.25, 0.3) is 0 Å². The number of carbonyl (C=O) groups excluding carboxylic acids is 1. The van der Waals surface area contributed by atoms with E-state index < -0.39 is 10.8 Å². The van der Waals surface area contributed by atoms with Gasteiger partial charge in [0, 0.05) is 11.8 Å². The number of anilines is 1. The van der Waals surface area contributed by atoms with Crippen LogP contribution in [0, 0.1) is 22.9 Å². The standard InChI is InChI=1S/C16H15FN6O3/c1-11-15(23(25)26)7-19-22(11)10-16(24)20-13-6-18-21(9-13)8-12-4-2-3-5-14(12)17/h2-7,9H,8,10H2,1H3,(H,20,24). The van der Waals surface area contributed by atoms with E-state index in [0.29, 0.717) is 16.9 Å². The van der Waals surface area contributed by atoms with Crippen LogP contribution in [-0.2, 0) is 17.9 Å². The van der Waals surface area contributed by atoms with Crippen LogP contribution in [0.5, 0.6) is 0 Å². The van der Waals surface area contributed by atoms with Crippen LogP contribution in [0.3, 0.4) is 0 Å². The molecule has 9 nitrogen and oxygen atoms in total. The van der Waals surface area contributed by atoms with Crippen LogP contribution in [0.4, 0.5) is 15.8 Å². The summed E-state index contributed by atoms with van der Waals surface area (Å²) in [5.74, 6) is -0.735. The summed E-state index contributed by atoms with van der Waals surface area (Å²) in [5, 5.41) is 21.4. The number of halogens is 1. The zero-order valence-electron chi connectivity index (χ0n) is 13.8. The van der Waals surface area contributed by atoms with E-state index in [0.717, 1.165) is 6.20 Å². The highest BCUT2D eigenvalue weighted by Gasteiger charge is 2.18. The van der Waals surface area contributed by atoms with Crippen LogP contribution in [0.2, 0.25) is 0 Å². The third-order valence-corrected chi connectivity index (χ3v) is 3.77. The number of nitrogens with one attached hydrogen (secondary N) is 1. The Labute approximate surface area is 147 Å². The molecule has 1 aromatic carbocycles. The number of amides is 1. The van der Waals surface area contributed by atoms with E-state index in [4.69, 9.17) is 0 Å². The lowest BCUT2D eigenvalue weighted by Crippen LogP contribution is -2.20. The lowest BCUT2D eigenvalue weighted by Gasteiger charge is -2.05. The maximum atomic E-state index is 13.7. The molecule has 0 fully saturated rings. The number of nitrogens with zero attached hydrogens (tertiary/aromatic N) is 5. The molecule has 0 atom stereocenters. The van der Waals surface area contributed by atoms with Gasteiger partial charge in [0.15, 0.2) is 0 Å². The van der Waals surface area contributed by atoms with Crippen molar-refractivity contribution < 1.29 is 14.1 Å². The van der Waals surface area contributed by atoms with Crippen LogP contribution < -0.4 is 5.32 Å². The summed E-state index contributed by atoms with van der Waals surface area (Å²) in [5.41, 5.74) is 1.06. The number of rotatable bonds is 6. The van der Waals surface area contributed by atoms with Crippen molar-refractivity contribution in [3.8, 4) is 0 Å². The molecule has 0 aliphatic heterocycles. The van der Waals surface area contributed by atoms with Gasteiger partial charge in [0.25, 0.3) is 0 Å². The average molecular weight is 358 g/mol. The lowest BCUT2D eigenvalue weighted by molar-refractivity contribution is -0.385. The fraction of sp³-hybridized carbons (Fsp3) is 0.188. The minimum absolute atomic E-state index is 0.143. The highest BCUT2D eigenvalue weighted by molar-refractivity contribution is 5.90. The molecule has 1 N–H and O–H groups in total. The van der Waals surface area contributed by atoms with Crippen LogP contribution >= 0.6 is 0 Å². The Balaban J connectivity index is 1.63. The molecule has 10 heteroatoms. The van der Waals surface area contributed by atoms with Gasteiger partial charge in [-0.25, -0.2) is 4.39 Å². The van der Waals surface area contributed by atoms with Crippen molar-refractivity contribution in [1.82, 2.24) is 19.6 Å². The third kappa shape index (κ3) is 3.74. The predicted molar refractivity (Wildman–Crippen MR) is 90.0 cm³/mol. The molecule has 26 heavy (non-hydrogen) atoms. The zero-order chi connectivity index (χ0) is 18.7.